The maximum absolute atomic E-state index is 12.7. The number of hydrogen-bond acceptors (Lipinski definition) is 6. The number of benzene rings is 2. The fourth-order valence-electron chi connectivity index (χ4n) is 2.45. The number of carbonyl (C=O) groups is 2. The first-order valence-electron chi connectivity index (χ1n) is 9.41. The first kappa shape index (κ1) is 21.3. The fourth-order valence-corrected chi connectivity index (χ4v) is 3.18. The highest BCUT2D eigenvalue weighted by Crippen LogP contribution is 2.21. The van der Waals surface area contributed by atoms with Crippen LogP contribution in [0.4, 0.5) is 11.5 Å². The van der Waals surface area contributed by atoms with Gasteiger partial charge in [0.1, 0.15) is 0 Å². The fraction of sp³-hybridized carbons (Fsp3) is 0.182. The van der Waals surface area contributed by atoms with E-state index >= 15 is 0 Å². The lowest BCUT2D eigenvalue weighted by Crippen LogP contribution is -2.21. The quantitative estimate of drug-likeness (QED) is 0.518. The summed E-state index contributed by atoms with van der Waals surface area (Å²) in [5, 5.41) is 2.78. The Morgan fingerprint density at radius 1 is 1.03 bits per heavy atom. The lowest BCUT2D eigenvalue weighted by Gasteiger charge is -2.10. The maximum atomic E-state index is 12.7. The summed E-state index contributed by atoms with van der Waals surface area (Å²) >= 11 is 1.23. The van der Waals surface area contributed by atoms with Gasteiger partial charge >= 0.3 is 0 Å². The molecule has 4 N–H and O–H groups in total. The van der Waals surface area contributed by atoms with Crippen LogP contribution in [0.2, 0.25) is 0 Å². The molecule has 1 heterocycles. The van der Waals surface area contributed by atoms with Crippen LogP contribution in [-0.4, -0.2) is 21.8 Å². The molecule has 0 radical (unpaired) electrons. The van der Waals surface area contributed by atoms with E-state index in [1.165, 1.54) is 11.9 Å². The summed E-state index contributed by atoms with van der Waals surface area (Å²) in [7, 11) is 0. The molecule has 0 aliphatic rings. The second kappa shape index (κ2) is 9.41. The van der Waals surface area contributed by atoms with E-state index in [0.717, 1.165) is 16.0 Å². The zero-order valence-electron chi connectivity index (χ0n) is 17.0. The van der Waals surface area contributed by atoms with E-state index in [2.05, 4.69) is 20.0 Å². The summed E-state index contributed by atoms with van der Waals surface area (Å²) in [5.74, 6) is -0.507. The SMILES string of the molecule is Cc1ccc(-c2cnc(N)c(C(=O)Nc3ccc(SNC(=O)C(C)C)cc3)n2)cc1. The van der Waals surface area contributed by atoms with Crippen LogP contribution in [-0.2, 0) is 4.79 Å². The summed E-state index contributed by atoms with van der Waals surface area (Å²) < 4.78 is 2.77. The molecule has 3 rings (SSSR count). The Balaban J connectivity index is 1.70. The summed E-state index contributed by atoms with van der Waals surface area (Å²) in [6, 6.07) is 14.9. The lowest BCUT2D eigenvalue weighted by molar-refractivity contribution is -0.122. The second-order valence-corrected chi connectivity index (χ2v) is 7.94. The number of nitrogens with one attached hydrogen (secondary N) is 2. The van der Waals surface area contributed by atoms with E-state index in [-0.39, 0.29) is 23.3 Å². The zero-order chi connectivity index (χ0) is 21.7. The molecule has 0 spiro atoms. The number of anilines is 2. The predicted molar refractivity (Wildman–Crippen MR) is 120 cm³/mol. The number of nitrogen functional groups attached to an aromatic ring is 1. The van der Waals surface area contributed by atoms with Gasteiger partial charge in [-0.25, -0.2) is 9.97 Å². The lowest BCUT2D eigenvalue weighted by atomic mass is 10.1. The van der Waals surface area contributed by atoms with Gasteiger partial charge < -0.3 is 11.1 Å². The second-order valence-electron chi connectivity index (χ2n) is 7.06. The van der Waals surface area contributed by atoms with Crippen molar-refractivity contribution in [2.24, 2.45) is 5.92 Å². The minimum atomic E-state index is -0.442. The van der Waals surface area contributed by atoms with E-state index in [0.29, 0.717) is 11.4 Å². The van der Waals surface area contributed by atoms with Crippen molar-refractivity contribution >= 4 is 35.3 Å². The van der Waals surface area contributed by atoms with Crippen molar-refractivity contribution in [1.82, 2.24) is 14.7 Å². The number of aromatic nitrogens is 2. The monoisotopic (exact) mass is 421 g/mol. The Kier molecular flexibility index (Phi) is 6.68. The largest absolute Gasteiger partial charge is 0.382 e. The van der Waals surface area contributed by atoms with Gasteiger partial charge in [-0.1, -0.05) is 43.7 Å². The molecule has 2 amide bonds. The zero-order valence-corrected chi connectivity index (χ0v) is 17.8. The van der Waals surface area contributed by atoms with Crippen LogP contribution in [0.25, 0.3) is 11.3 Å². The van der Waals surface area contributed by atoms with Crippen molar-refractivity contribution in [1.29, 1.82) is 0 Å². The summed E-state index contributed by atoms with van der Waals surface area (Å²) in [6.07, 6.45) is 1.55. The van der Waals surface area contributed by atoms with E-state index in [1.807, 2.05) is 45.0 Å². The Hall–Kier alpha value is -3.39. The van der Waals surface area contributed by atoms with Crippen LogP contribution in [0.3, 0.4) is 0 Å². The average molecular weight is 422 g/mol. The molecule has 0 fully saturated rings. The van der Waals surface area contributed by atoms with E-state index in [1.54, 1.807) is 30.5 Å². The minimum Gasteiger partial charge on any atom is -0.382 e. The standard InChI is InChI=1S/C22H23N5O2S/c1-13(2)21(28)27-30-17-10-8-16(9-11-17)25-22(29)19-20(23)24-12-18(26-19)15-6-4-14(3)5-7-15/h4-13H,1-3H3,(H2,23,24)(H,25,29)(H,27,28). The van der Waals surface area contributed by atoms with Gasteiger partial charge in [-0.2, -0.15) is 0 Å². The van der Waals surface area contributed by atoms with Crippen LogP contribution >= 0.6 is 11.9 Å². The number of carbonyl (C=O) groups excluding carboxylic acids is 2. The average Bonchev–Trinajstić information content (AvgIpc) is 2.74. The van der Waals surface area contributed by atoms with Crippen LogP contribution in [0.15, 0.2) is 59.6 Å². The van der Waals surface area contributed by atoms with Crippen molar-refractivity contribution < 1.29 is 9.59 Å². The minimum absolute atomic E-state index is 0.0418. The predicted octanol–water partition coefficient (Wildman–Crippen LogP) is 4.07. The van der Waals surface area contributed by atoms with Gasteiger partial charge in [0.05, 0.1) is 11.9 Å². The van der Waals surface area contributed by atoms with E-state index < -0.39 is 5.91 Å². The van der Waals surface area contributed by atoms with Gasteiger partial charge in [0.15, 0.2) is 11.5 Å². The van der Waals surface area contributed by atoms with Crippen LogP contribution in [0.1, 0.15) is 29.9 Å². The number of hydrogen-bond donors (Lipinski definition) is 3. The molecule has 1 aromatic heterocycles. The Morgan fingerprint density at radius 3 is 2.33 bits per heavy atom. The number of amides is 2. The number of nitrogens with two attached hydrogens (primary N) is 1. The van der Waals surface area contributed by atoms with Crippen molar-refractivity contribution in [2.45, 2.75) is 25.7 Å². The van der Waals surface area contributed by atoms with Gasteiger partial charge in [0.25, 0.3) is 5.91 Å². The molecule has 154 valence electrons. The molecule has 8 heteroatoms. The third-order valence-corrected chi connectivity index (χ3v) is 5.08. The molecule has 0 saturated carbocycles. The Bertz CT molecular complexity index is 1050. The Labute approximate surface area is 179 Å². The van der Waals surface area contributed by atoms with Gasteiger partial charge in [-0.05, 0) is 43.1 Å². The molecule has 0 aliphatic heterocycles. The van der Waals surface area contributed by atoms with Crippen molar-refractivity contribution in [2.75, 3.05) is 11.1 Å². The van der Waals surface area contributed by atoms with Crippen molar-refractivity contribution in [3.8, 4) is 11.3 Å². The molecule has 2 aromatic carbocycles. The molecule has 0 unspecified atom stereocenters. The molecule has 0 atom stereocenters. The normalized spacial score (nSPS) is 10.7. The van der Waals surface area contributed by atoms with Crippen molar-refractivity contribution in [3.05, 3.63) is 66.0 Å². The third kappa shape index (κ3) is 5.36. The maximum Gasteiger partial charge on any atom is 0.278 e. The number of aryl methyl sites for hydroxylation is 1. The topological polar surface area (TPSA) is 110 Å². The molecule has 0 aliphatic carbocycles. The first-order valence-corrected chi connectivity index (χ1v) is 10.2. The Morgan fingerprint density at radius 2 is 1.70 bits per heavy atom. The molecule has 0 bridgehead atoms. The third-order valence-electron chi connectivity index (χ3n) is 4.27. The van der Waals surface area contributed by atoms with Gasteiger partial charge in [-0.3, -0.25) is 14.3 Å². The number of rotatable bonds is 6. The summed E-state index contributed by atoms with van der Waals surface area (Å²) in [4.78, 5) is 33.7. The molecule has 3 aromatic rings. The van der Waals surface area contributed by atoms with Gasteiger partial charge in [-0.15, -0.1) is 0 Å². The van der Waals surface area contributed by atoms with Crippen LogP contribution in [0, 0.1) is 12.8 Å². The summed E-state index contributed by atoms with van der Waals surface area (Å²) in [6.45, 7) is 5.66. The smallest absolute Gasteiger partial charge is 0.278 e. The summed E-state index contributed by atoms with van der Waals surface area (Å²) in [5.41, 5.74) is 9.09. The highest BCUT2D eigenvalue weighted by atomic mass is 32.2. The van der Waals surface area contributed by atoms with Gasteiger partial charge in [0, 0.05) is 22.1 Å². The molecule has 30 heavy (non-hydrogen) atoms. The number of nitrogens with zero attached hydrogens (tertiary/aromatic N) is 2. The van der Waals surface area contributed by atoms with E-state index in [9.17, 15) is 9.59 Å². The van der Waals surface area contributed by atoms with Crippen LogP contribution in [0.5, 0.6) is 0 Å². The van der Waals surface area contributed by atoms with Gasteiger partial charge in [0.2, 0.25) is 5.91 Å². The van der Waals surface area contributed by atoms with Crippen LogP contribution < -0.4 is 15.8 Å². The van der Waals surface area contributed by atoms with E-state index in [4.69, 9.17) is 5.73 Å². The van der Waals surface area contributed by atoms with Crippen molar-refractivity contribution in [3.63, 3.8) is 0 Å². The molecule has 0 saturated heterocycles. The highest BCUT2D eigenvalue weighted by molar-refractivity contribution is 7.98. The molecular weight excluding hydrogens is 398 g/mol. The molecule has 7 nitrogen and oxygen atoms in total. The molecular formula is C22H23N5O2S. The highest BCUT2D eigenvalue weighted by Gasteiger charge is 2.15. The first-order chi connectivity index (χ1) is 14.3.